The van der Waals surface area contributed by atoms with E-state index in [9.17, 15) is 4.39 Å². The minimum atomic E-state index is -0.442. The summed E-state index contributed by atoms with van der Waals surface area (Å²) in [6, 6.07) is 2.50. The molecule has 0 saturated heterocycles. The fraction of sp³-hybridized carbons (Fsp3) is 0.333. The summed E-state index contributed by atoms with van der Waals surface area (Å²) < 4.78 is 13.4. The molecule has 0 fully saturated rings. The largest absolute Gasteiger partial charge is 0.397 e. The van der Waals surface area contributed by atoms with E-state index >= 15 is 0 Å². The molecule has 0 amide bonds. The number of hydrogen-bond acceptors (Lipinski definition) is 5. The second kappa shape index (κ2) is 4.29. The lowest BCUT2D eigenvalue weighted by atomic mass is 9.92. The highest BCUT2D eigenvalue weighted by Crippen LogP contribution is 2.34. The van der Waals surface area contributed by atoms with Crippen molar-refractivity contribution < 1.29 is 4.39 Å². The Morgan fingerprint density at radius 2 is 2.17 bits per heavy atom. The lowest BCUT2D eigenvalue weighted by Gasteiger charge is -2.35. The number of halogens is 1. The van der Waals surface area contributed by atoms with Crippen molar-refractivity contribution in [2.24, 2.45) is 5.10 Å². The lowest BCUT2D eigenvalue weighted by Crippen LogP contribution is -2.46. The number of nitrogens with zero attached hydrogens (tertiary/aromatic N) is 2. The molecule has 6 heteroatoms. The molecule has 0 aromatic heterocycles. The van der Waals surface area contributed by atoms with Gasteiger partial charge in [-0.1, -0.05) is 0 Å². The first-order valence-corrected chi connectivity index (χ1v) is 5.62. The van der Waals surface area contributed by atoms with E-state index in [0.717, 1.165) is 0 Å². The van der Waals surface area contributed by atoms with Gasteiger partial charge < -0.3 is 16.1 Å². The first-order chi connectivity index (χ1) is 8.47. The Morgan fingerprint density at radius 1 is 1.50 bits per heavy atom. The second-order valence-electron chi connectivity index (χ2n) is 4.27. The molecule has 96 valence electrons. The Kier molecular flexibility index (Phi) is 2.94. The highest BCUT2D eigenvalue weighted by atomic mass is 19.1. The van der Waals surface area contributed by atoms with Crippen LogP contribution in [0, 0.1) is 11.2 Å². The number of nitrogens with one attached hydrogen (secondary N) is 2. The summed E-state index contributed by atoms with van der Waals surface area (Å²) in [6.07, 6.45) is 0. The highest BCUT2D eigenvalue weighted by molar-refractivity contribution is 6.51. The van der Waals surface area contributed by atoms with Crippen LogP contribution >= 0.6 is 0 Å². The smallest absolute Gasteiger partial charge is 0.126 e. The molecule has 1 unspecified atom stereocenters. The molecule has 0 radical (unpaired) electrons. The average molecular weight is 249 g/mol. The Morgan fingerprint density at radius 3 is 2.78 bits per heavy atom. The van der Waals surface area contributed by atoms with Crippen LogP contribution in [0.3, 0.4) is 0 Å². The van der Waals surface area contributed by atoms with E-state index in [-0.39, 0.29) is 11.8 Å². The molecule has 0 bridgehead atoms. The molecule has 1 atom stereocenters. The lowest BCUT2D eigenvalue weighted by molar-refractivity contribution is 0.627. The van der Waals surface area contributed by atoms with E-state index in [1.807, 2.05) is 18.9 Å². The quantitative estimate of drug-likeness (QED) is 0.517. The van der Waals surface area contributed by atoms with Gasteiger partial charge in [-0.2, -0.15) is 5.10 Å². The Bertz CT molecular complexity index is 538. The number of hydrazone groups is 1. The average Bonchev–Trinajstić information content (AvgIpc) is 2.31. The molecule has 18 heavy (non-hydrogen) atoms. The van der Waals surface area contributed by atoms with Crippen molar-refractivity contribution in [1.82, 2.24) is 5.43 Å². The van der Waals surface area contributed by atoms with E-state index in [2.05, 4.69) is 10.5 Å². The molecule has 1 aromatic rings. The molecule has 1 aliphatic heterocycles. The Labute approximate surface area is 105 Å². The molecule has 1 aliphatic rings. The molecule has 2 rings (SSSR count). The molecule has 0 saturated carbocycles. The summed E-state index contributed by atoms with van der Waals surface area (Å²) in [4.78, 5) is 1.90. The van der Waals surface area contributed by atoms with Crippen molar-refractivity contribution in [2.45, 2.75) is 13.0 Å². The van der Waals surface area contributed by atoms with Gasteiger partial charge in [0, 0.05) is 19.7 Å². The van der Waals surface area contributed by atoms with Crippen LogP contribution < -0.4 is 16.1 Å². The molecule has 5 nitrogen and oxygen atoms in total. The van der Waals surface area contributed by atoms with Crippen LogP contribution in [0.4, 0.5) is 15.8 Å². The zero-order valence-electron chi connectivity index (χ0n) is 10.6. The van der Waals surface area contributed by atoms with Gasteiger partial charge in [-0.05, 0) is 19.1 Å². The number of nitrogens with two attached hydrogens (primary N) is 1. The van der Waals surface area contributed by atoms with Crippen LogP contribution in [0.2, 0.25) is 0 Å². The maximum atomic E-state index is 13.4. The molecule has 4 N–H and O–H groups in total. The summed E-state index contributed by atoms with van der Waals surface area (Å²) >= 11 is 0. The topological polar surface area (TPSA) is 77.5 Å². The van der Waals surface area contributed by atoms with E-state index in [1.165, 1.54) is 12.1 Å². The van der Waals surface area contributed by atoms with Crippen LogP contribution in [0.15, 0.2) is 17.2 Å². The summed E-state index contributed by atoms with van der Waals surface area (Å²) in [5.41, 5.74) is 10.8. The predicted molar refractivity (Wildman–Crippen MR) is 72.0 cm³/mol. The summed E-state index contributed by atoms with van der Waals surface area (Å²) in [6.45, 7) is 1.93. The van der Waals surface area contributed by atoms with Crippen molar-refractivity contribution in [3.63, 3.8) is 0 Å². The van der Waals surface area contributed by atoms with Crippen LogP contribution in [-0.4, -0.2) is 31.6 Å². The number of rotatable bonds is 1. The standard InChI is InChI=1S/C12H16FN5/c1-6-11(17-16-2)10(15)8-4-7(13)5-9(14)12(8)18(6)3/h4-6,15-16H,14H2,1-3H3/b15-10?,17-11-. The zero-order valence-corrected chi connectivity index (χ0v) is 10.6. The molecule has 0 spiro atoms. The maximum absolute atomic E-state index is 13.4. The predicted octanol–water partition coefficient (Wildman–Crippen LogP) is 1.19. The van der Waals surface area contributed by atoms with E-state index in [4.69, 9.17) is 11.1 Å². The Hall–Kier alpha value is -2.11. The van der Waals surface area contributed by atoms with E-state index in [1.54, 1.807) is 7.05 Å². The van der Waals surface area contributed by atoms with Gasteiger partial charge in [-0.25, -0.2) is 4.39 Å². The summed E-state index contributed by atoms with van der Waals surface area (Å²) in [5.74, 6) is -0.442. The first-order valence-electron chi connectivity index (χ1n) is 5.62. The van der Waals surface area contributed by atoms with Crippen LogP contribution in [0.5, 0.6) is 0 Å². The zero-order chi connectivity index (χ0) is 13.4. The van der Waals surface area contributed by atoms with Gasteiger partial charge in [-0.15, -0.1) is 0 Å². The fourth-order valence-electron chi connectivity index (χ4n) is 2.20. The van der Waals surface area contributed by atoms with Crippen molar-refractivity contribution in [1.29, 1.82) is 5.41 Å². The molecule has 1 heterocycles. The number of nitrogen functional groups attached to an aromatic ring is 1. The molecular weight excluding hydrogens is 233 g/mol. The van der Waals surface area contributed by atoms with Gasteiger partial charge in [0.15, 0.2) is 0 Å². The third kappa shape index (κ3) is 1.70. The van der Waals surface area contributed by atoms with Crippen LogP contribution in [-0.2, 0) is 0 Å². The third-order valence-electron chi connectivity index (χ3n) is 3.19. The van der Waals surface area contributed by atoms with Gasteiger partial charge in [0.25, 0.3) is 0 Å². The second-order valence-corrected chi connectivity index (χ2v) is 4.27. The van der Waals surface area contributed by atoms with E-state index in [0.29, 0.717) is 22.6 Å². The number of fused-ring (bicyclic) bond motifs is 1. The van der Waals surface area contributed by atoms with E-state index < -0.39 is 5.82 Å². The molecular formula is C12H16FN5. The van der Waals surface area contributed by atoms with Crippen LogP contribution in [0.1, 0.15) is 12.5 Å². The molecule has 1 aromatic carbocycles. The number of benzene rings is 1. The number of hydrogen-bond donors (Lipinski definition) is 3. The maximum Gasteiger partial charge on any atom is 0.126 e. The van der Waals surface area contributed by atoms with Crippen molar-refractivity contribution in [2.75, 3.05) is 24.7 Å². The highest BCUT2D eigenvalue weighted by Gasteiger charge is 2.32. The molecule has 0 aliphatic carbocycles. The Balaban J connectivity index is 2.67. The first kappa shape index (κ1) is 12.3. The van der Waals surface area contributed by atoms with Gasteiger partial charge in [-0.3, -0.25) is 5.41 Å². The minimum Gasteiger partial charge on any atom is -0.397 e. The van der Waals surface area contributed by atoms with Crippen molar-refractivity contribution in [3.05, 3.63) is 23.5 Å². The third-order valence-corrected chi connectivity index (χ3v) is 3.19. The van der Waals surface area contributed by atoms with Gasteiger partial charge in [0.1, 0.15) is 11.5 Å². The van der Waals surface area contributed by atoms with Gasteiger partial charge >= 0.3 is 0 Å². The normalized spacial score (nSPS) is 21.1. The van der Waals surface area contributed by atoms with Crippen molar-refractivity contribution >= 4 is 22.8 Å². The van der Waals surface area contributed by atoms with Crippen molar-refractivity contribution in [3.8, 4) is 0 Å². The monoisotopic (exact) mass is 249 g/mol. The summed E-state index contributed by atoms with van der Waals surface area (Å²) in [7, 11) is 3.53. The van der Waals surface area contributed by atoms with Gasteiger partial charge in [0.05, 0.1) is 23.1 Å². The number of anilines is 2. The van der Waals surface area contributed by atoms with Gasteiger partial charge in [0.2, 0.25) is 0 Å². The SMILES string of the molecule is CN/N=C1\C(=N)c2cc(F)cc(N)c2N(C)C1C. The summed E-state index contributed by atoms with van der Waals surface area (Å²) in [5, 5.41) is 12.2. The fourth-order valence-corrected chi connectivity index (χ4v) is 2.20. The van der Waals surface area contributed by atoms with Crippen LogP contribution in [0.25, 0.3) is 0 Å². The minimum absolute atomic E-state index is 0.0924.